The minimum atomic E-state index is 0.652. The minimum absolute atomic E-state index is 0.652. The van der Waals surface area contributed by atoms with Crippen molar-refractivity contribution < 1.29 is 0 Å². The molecular weight excluding hydrogens is 376 g/mol. The lowest BCUT2D eigenvalue weighted by Gasteiger charge is -2.09. The molecule has 0 saturated carbocycles. The van der Waals surface area contributed by atoms with Crippen molar-refractivity contribution in [3.05, 3.63) is 84.0 Å². The van der Waals surface area contributed by atoms with Crippen LogP contribution in [0.1, 0.15) is 5.56 Å². The number of halogens is 1. The molecule has 0 fully saturated rings. The summed E-state index contributed by atoms with van der Waals surface area (Å²) in [6.07, 6.45) is 3.65. The highest BCUT2D eigenvalue weighted by Crippen LogP contribution is 2.30. The van der Waals surface area contributed by atoms with Crippen molar-refractivity contribution in [1.82, 2.24) is 19.7 Å². The largest absolute Gasteiger partial charge is 0.298 e. The quantitative estimate of drug-likeness (QED) is 0.315. The molecule has 4 rings (SSSR count). The van der Waals surface area contributed by atoms with Gasteiger partial charge in [0, 0.05) is 34.5 Å². The van der Waals surface area contributed by atoms with Gasteiger partial charge in [0.25, 0.3) is 0 Å². The Hall–Kier alpha value is -2.63. The molecule has 0 bridgehead atoms. The number of thioether (sulfide) groups is 1. The molecule has 2 heterocycles. The number of fused-ring (bicyclic) bond motifs is 1. The summed E-state index contributed by atoms with van der Waals surface area (Å²) < 4.78 is 2.08. The van der Waals surface area contributed by atoms with E-state index in [9.17, 15) is 0 Å². The Morgan fingerprint density at radius 2 is 1.89 bits per heavy atom. The standard InChI is InChI=1S/C21H17ClN4S/c1-2-13-26-20(15-7-4-3-5-8-15)24-25-21(26)27-14-16-10-11-18(22)17-9-6-12-23-19(16)17/h2-12H,1,13-14H2. The summed E-state index contributed by atoms with van der Waals surface area (Å²) in [4.78, 5) is 4.51. The third-order valence-corrected chi connectivity index (χ3v) is 5.56. The molecule has 0 aliphatic carbocycles. The predicted octanol–water partition coefficient (Wildman–Crippen LogP) is 5.63. The van der Waals surface area contributed by atoms with Gasteiger partial charge in [-0.15, -0.1) is 16.8 Å². The zero-order chi connectivity index (χ0) is 18.6. The molecular formula is C21H17ClN4S. The molecule has 0 spiro atoms. The van der Waals surface area contributed by atoms with Gasteiger partial charge in [-0.05, 0) is 23.8 Å². The average Bonchev–Trinajstić information content (AvgIpc) is 3.11. The van der Waals surface area contributed by atoms with Gasteiger partial charge in [0.1, 0.15) is 0 Å². The fourth-order valence-electron chi connectivity index (χ4n) is 2.95. The monoisotopic (exact) mass is 392 g/mol. The summed E-state index contributed by atoms with van der Waals surface area (Å²) in [7, 11) is 0. The molecule has 0 aliphatic heterocycles. The van der Waals surface area contributed by atoms with Gasteiger partial charge in [0.05, 0.1) is 5.52 Å². The maximum atomic E-state index is 6.30. The van der Waals surface area contributed by atoms with E-state index in [2.05, 4.69) is 26.3 Å². The van der Waals surface area contributed by atoms with E-state index in [1.807, 2.05) is 60.7 Å². The molecule has 0 N–H and O–H groups in total. The number of rotatable bonds is 6. The summed E-state index contributed by atoms with van der Waals surface area (Å²) in [5.74, 6) is 1.58. The molecule has 0 atom stereocenters. The second-order valence-corrected chi connectivity index (χ2v) is 7.32. The second-order valence-electron chi connectivity index (χ2n) is 5.97. The highest BCUT2D eigenvalue weighted by Gasteiger charge is 2.14. The molecule has 0 saturated heterocycles. The normalized spacial score (nSPS) is 11.0. The first-order chi connectivity index (χ1) is 13.3. The summed E-state index contributed by atoms with van der Waals surface area (Å²) in [6, 6.07) is 17.9. The third kappa shape index (κ3) is 3.61. The number of hydrogen-bond donors (Lipinski definition) is 0. The average molecular weight is 393 g/mol. The SMILES string of the molecule is C=CCn1c(SCc2ccc(Cl)c3cccnc23)nnc1-c1ccccc1. The zero-order valence-electron chi connectivity index (χ0n) is 14.5. The van der Waals surface area contributed by atoms with E-state index in [0.717, 1.165) is 38.8 Å². The van der Waals surface area contributed by atoms with E-state index < -0.39 is 0 Å². The summed E-state index contributed by atoms with van der Waals surface area (Å²) in [5.41, 5.74) is 3.09. The van der Waals surface area contributed by atoms with Crippen molar-refractivity contribution in [1.29, 1.82) is 0 Å². The number of aromatic nitrogens is 4. The van der Waals surface area contributed by atoms with Gasteiger partial charge in [0.15, 0.2) is 11.0 Å². The highest BCUT2D eigenvalue weighted by molar-refractivity contribution is 7.98. The van der Waals surface area contributed by atoms with Crippen LogP contribution < -0.4 is 0 Å². The molecule has 4 nitrogen and oxygen atoms in total. The fourth-order valence-corrected chi connectivity index (χ4v) is 4.09. The van der Waals surface area contributed by atoms with Gasteiger partial charge >= 0.3 is 0 Å². The Kier molecular flexibility index (Phi) is 5.23. The van der Waals surface area contributed by atoms with Crippen LogP contribution in [-0.4, -0.2) is 19.7 Å². The number of allylic oxidation sites excluding steroid dienone is 1. The molecule has 4 aromatic rings. The summed E-state index contributed by atoms with van der Waals surface area (Å²) in [5, 5.41) is 11.3. The number of benzene rings is 2. The zero-order valence-corrected chi connectivity index (χ0v) is 16.1. The van der Waals surface area contributed by atoms with Gasteiger partial charge in [-0.2, -0.15) is 0 Å². The van der Waals surface area contributed by atoms with Crippen molar-refractivity contribution in [2.45, 2.75) is 17.5 Å². The molecule has 0 aliphatic rings. The molecule has 0 radical (unpaired) electrons. The Labute approximate surface area is 166 Å². The van der Waals surface area contributed by atoms with Crippen molar-refractivity contribution in [3.8, 4) is 11.4 Å². The number of hydrogen-bond acceptors (Lipinski definition) is 4. The Bertz CT molecular complexity index is 1090. The van der Waals surface area contributed by atoms with Crippen LogP contribution in [0.3, 0.4) is 0 Å². The molecule has 2 aromatic carbocycles. The first-order valence-corrected chi connectivity index (χ1v) is 9.88. The van der Waals surface area contributed by atoms with Gasteiger partial charge in [0.2, 0.25) is 0 Å². The predicted molar refractivity (Wildman–Crippen MR) is 112 cm³/mol. The van der Waals surface area contributed by atoms with Crippen molar-refractivity contribution in [3.63, 3.8) is 0 Å². The Morgan fingerprint density at radius 3 is 2.70 bits per heavy atom. The van der Waals surface area contributed by atoms with Gasteiger partial charge in [-0.1, -0.05) is 65.8 Å². The van der Waals surface area contributed by atoms with E-state index >= 15 is 0 Å². The first kappa shape index (κ1) is 17.8. The van der Waals surface area contributed by atoms with Crippen LogP contribution in [0.15, 0.2) is 78.6 Å². The molecule has 27 heavy (non-hydrogen) atoms. The first-order valence-electron chi connectivity index (χ1n) is 8.52. The minimum Gasteiger partial charge on any atom is -0.298 e. The van der Waals surface area contributed by atoms with E-state index in [1.165, 1.54) is 0 Å². The van der Waals surface area contributed by atoms with E-state index in [-0.39, 0.29) is 0 Å². The molecule has 134 valence electrons. The van der Waals surface area contributed by atoms with Crippen LogP contribution in [0.25, 0.3) is 22.3 Å². The Balaban J connectivity index is 1.65. The van der Waals surface area contributed by atoms with Crippen LogP contribution in [0.2, 0.25) is 5.02 Å². The van der Waals surface area contributed by atoms with Crippen molar-refractivity contribution in [2.24, 2.45) is 0 Å². The van der Waals surface area contributed by atoms with Crippen molar-refractivity contribution in [2.75, 3.05) is 0 Å². The maximum Gasteiger partial charge on any atom is 0.192 e. The van der Waals surface area contributed by atoms with Gasteiger partial charge in [-0.25, -0.2) is 0 Å². The number of pyridine rings is 1. The summed E-state index contributed by atoms with van der Waals surface area (Å²) >= 11 is 7.93. The van der Waals surface area contributed by atoms with Crippen LogP contribution >= 0.6 is 23.4 Å². The highest BCUT2D eigenvalue weighted by atomic mass is 35.5. The lowest BCUT2D eigenvalue weighted by atomic mass is 10.1. The molecule has 6 heteroatoms. The maximum absolute atomic E-state index is 6.30. The molecule has 2 aromatic heterocycles. The van der Waals surface area contributed by atoms with Crippen LogP contribution in [-0.2, 0) is 12.3 Å². The second kappa shape index (κ2) is 7.94. The van der Waals surface area contributed by atoms with Crippen molar-refractivity contribution >= 4 is 34.3 Å². The molecule has 0 amide bonds. The van der Waals surface area contributed by atoms with Gasteiger partial charge in [-0.3, -0.25) is 9.55 Å². The smallest absolute Gasteiger partial charge is 0.192 e. The van der Waals surface area contributed by atoms with E-state index in [4.69, 9.17) is 11.6 Å². The fraction of sp³-hybridized carbons (Fsp3) is 0.0952. The van der Waals surface area contributed by atoms with E-state index in [0.29, 0.717) is 11.6 Å². The van der Waals surface area contributed by atoms with E-state index in [1.54, 1.807) is 18.0 Å². The lowest BCUT2D eigenvalue weighted by Crippen LogP contribution is -2.00. The molecule has 0 unspecified atom stereocenters. The van der Waals surface area contributed by atoms with Gasteiger partial charge < -0.3 is 0 Å². The van der Waals surface area contributed by atoms with Crippen LogP contribution in [0, 0.1) is 0 Å². The lowest BCUT2D eigenvalue weighted by molar-refractivity contribution is 0.731. The third-order valence-electron chi connectivity index (χ3n) is 4.22. The number of nitrogens with zero attached hydrogens (tertiary/aromatic N) is 4. The Morgan fingerprint density at radius 1 is 1.04 bits per heavy atom. The topological polar surface area (TPSA) is 43.6 Å². The van der Waals surface area contributed by atoms with Crippen LogP contribution in [0.4, 0.5) is 0 Å². The summed E-state index contributed by atoms with van der Waals surface area (Å²) in [6.45, 7) is 4.52. The van der Waals surface area contributed by atoms with Crippen LogP contribution in [0.5, 0.6) is 0 Å².